The molecule has 0 aliphatic heterocycles. The average Bonchev–Trinajstić information content (AvgIpc) is 2.46. The Morgan fingerprint density at radius 1 is 0.655 bits per heavy atom. The van der Waals surface area contributed by atoms with Gasteiger partial charge in [0.25, 0.3) is 0 Å². The second-order valence-electron chi connectivity index (χ2n) is 8.32. The van der Waals surface area contributed by atoms with Gasteiger partial charge < -0.3 is 19.3 Å². The molecule has 2 atom stereocenters. The Bertz CT molecular complexity index is 488. The fourth-order valence-electron chi connectivity index (χ4n) is 2.78. The van der Waals surface area contributed by atoms with E-state index in [1.165, 1.54) is 0 Å². The lowest BCUT2D eigenvalue weighted by Crippen LogP contribution is -2.24. The quantitative estimate of drug-likeness (QED) is 0.175. The van der Waals surface area contributed by atoms with Crippen molar-refractivity contribution in [3.63, 3.8) is 0 Å². The Balaban J connectivity index is 3.50. The third-order valence-electron chi connectivity index (χ3n) is 3.97. The lowest BCUT2D eigenvalue weighted by molar-refractivity contribution is 0.0631. The van der Waals surface area contributed by atoms with E-state index in [1.54, 1.807) is 27.7 Å². The van der Waals surface area contributed by atoms with Gasteiger partial charge in [-0.15, -0.1) is 0 Å². The minimum atomic E-state index is -3.97. The van der Waals surface area contributed by atoms with E-state index in [4.69, 9.17) is 39.3 Å². The highest BCUT2D eigenvalue weighted by Gasteiger charge is 2.27. The van der Waals surface area contributed by atoms with Crippen molar-refractivity contribution in [3.8, 4) is 0 Å². The molecule has 0 radical (unpaired) electrons. The van der Waals surface area contributed by atoms with Crippen LogP contribution >= 0.6 is 15.5 Å². The molecule has 0 saturated heterocycles. The van der Waals surface area contributed by atoms with Crippen LogP contribution in [0.1, 0.15) is 72.6 Å². The Hall–Kier alpha value is 0.140. The number of unbranched alkanes of at least 4 members (excludes halogenated alkanes) is 2. The normalized spacial score (nSPS) is 17.1. The van der Waals surface area contributed by atoms with Crippen LogP contribution < -0.4 is 11.0 Å². The number of hydrogen-bond acceptors (Lipinski definition) is 6. The first-order valence-corrected chi connectivity index (χ1v) is 13.2. The van der Waals surface area contributed by atoms with Gasteiger partial charge in [-0.1, -0.05) is 0 Å². The van der Waals surface area contributed by atoms with E-state index in [2.05, 4.69) is 0 Å². The van der Waals surface area contributed by atoms with E-state index in [0.717, 1.165) is 32.1 Å². The van der Waals surface area contributed by atoms with Gasteiger partial charge in [0.1, 0.15) is 0 Å². The van der Waals surface area contributed by atoms with Gasteiger partial charge >= 0.3 is 15.5 Å². The molecule has 0 saturated carbocycles. The van der Waals surface area contributed by atoms with Crippen molar-refractivity contribution < 1.29 is 37.4 Å². The van der Waals surface area contributed by atoms with E-state index in [0.29, 0.717) is 39.3 Å². The molecule has 29 heavy (non-hydrogen) atoms. The predicted molar refractivity (Wildman–Crippen MR) is 112 cm³/mol. The maximum Gasteiger partial charge on any atom is 0.400 e. The standard InChI is InChI=1S/C17H40N2O8P2/c1-16(2,26-28(18,20)21)10-5-7-12-24-14-9-15-25-13-8-6-11-17(3,4)27-29(19,22)23/h5-15H2,1-4H3,(H3,18,20,21)(H3,19,22,23). The molecule has 176 valence electrons. The van der Waals surface area contributed by atoms with Gasteiger partial charge in [-0.25, -0.2) is 20.1 Å². The minimum Gasteiger partial charge on any atom is -0.381 e. The highest BCUT2D eigenvalue weighted by molar-refractivity contribution is 7.50. The van der Waals surface area contributed by atoms with Crippen LogP contribution in [0, 0.1) is 0 Å². The maximum absolute atomic E-state index is 11.1. The fraction of sp³-hybridized carbons (Fsp3) is 1.00. The molecular formula is C17H40N2O8P2. The first-order valence-electron chi connectivity index (χ1n) is 9.92. The van der Waals surface area contributed by atoms with Crippen LogP contribution in [-0.4, -0.2) is 47.4 Å². The minimum absolute atomic E-state index is 0.609. The molecule has 0 bridgehead atoms. The van der Waals surface area contributed by atoms with Crippen LogP contribution in [0.25, 0.3) is 0 Å². The van der Waals surface area contributed by atoms with E-state index >= 15 is 0 Å². The van der Waals surface area contributed by atoms with Crippen molar-refractivity contribution in [1.82, 2.24) is 0 Å². The van der Waals surface area contributed by atoms with E-state index < -0.39 is 26.7 Å². The van der Waals surface area contributed by atoms with Gasteiger partial charge in [-0.05, 0) is 72.6 Å². The summed E-state index contributed by atoms with van der Waals surface area (Å²) < 4.78 is 43.2. The molecule has 0 aliphatic carbocycles. The SMILES string of the molecule is CC(C)(CCCCOCCCOCCCCC(C)(C)OP(N)(=O)O)OP(N)(=O)O. The van der Waals surface area contributed by atoms with Crippen LogP contribution in [0.2, 0.25) is 0 Å². The van der Waals surface area contributed by atoms with Crippen molar-refractivity contribution in [1.29, 1.82) is 0 Å². The fourth-order valence-corrected chi connectivity index (χ4v) is 4.38. The van der Waals surface area contributed by atoms with Crippen LogP contribution in [0.3, 0.4) is 0 Å². The lowest BCUT2D eigenvalue weighted by atomic mass is 10.0. The number of rotatable bonds is 18. The van der Waals surface area contributed by atoms with Crippen LogP contribution in [0.15, 0.2) is 0 Å². The first-order chi connectivity index (χ1) is 13.1. The molecule has 6 N–H and O–H groups in total. The van der Waals surface area contributed by atoms with Gasteiger partial charge in [0.15, 0.2) is 0 Å². The molecule has 0 spiro atoms. The molecule has 2 unspecified atom stereocenters. The summed E-state index contributed by atoms with van der Waals surface area (Å²) >= 11 is 0. The van der Waals surface area contributed by atoms with Gasteiger partial charge in [-0.3, -0.25) is 9.05 Å². The summed E-state index contributed by atoms with van der Waals surface area (Å²) in [5.41, 5.74) is 8.56. The first kappa shape index (κ1) is 29.1. The zero-order valence-electron chi connectivity index (χ0n) is 18.2. The molecule has 12 heteroatoms. The lowest BCUT2D eigenvalue weighted by Gasteiger charge is -2.25. The molecule has 0 aliphatic rings. The summed E-state index contributed by atoms with van der Waals surface area (Å²) in [6.45, 7) is 9.38. The summed E-state index contributed by atoms with van der Waals surface area (Å²) in [4.78, 5) is 18.1. The van der Waals surface area contributed by atoms with Gasteiger partial charge in [0, 0.05) is 26.4 Å². The second kappa shape index (κ2) is 13.5. The Morgan fingerprint density at radius 2 is 0.966 bits per heavy atom. The van der Waals surface area contributed by atoms with Gasteiger partial charge in [0.2, 0.25) is 0 Å². The van der Waals surface area contributed by atoms with Crippen molar-refractivity contribution in [2.75, 3.05) is 26.4 Å². The second-order valence-corrected chi connectivity index (χ2v) is 10.9. The number of ether oxygens (including phenoxy) is 2. The molecule has 0 aromatic heterocycles. The third-order valence-corrected chi connectivity index (χ3v) is 5.48. The zero-order valence-corrected chi connectivity index (χ0v) is 20.0. The maximum atomic E-state index is 11.1. The van der Waals surface area contributed by atoms with Crippen LogP contribution in [0.5, 0.6) is 0 Å². The zero-order chi connectivity index (χ0) is 22.6. The highest BCUT2D eigenvalue weighted by atomic mass is 31.2. The van der Waals surface area contributed by atoms with Crippen molar-refractivity contribution in [3.05, 3.63) is 0 Å². The molecule has 10 nitrogen and oxygen atoms in total. The number of hydrogen-bond donors (Lipinski definition) is 4. The van der Waals surface area contributed by atoms with Crippen LogP contribution in [0.4, 0.5) is 0 Å². The molecular weight excluding hydrogens is 422 g/mol. The summed E-state index contributed by atoms with van der Waals surface area (Å²) in [5.74, 6) is 0. The van der Waals surface area contributed by atoms with Crippen molar-refractivity contribution in [2.45, 2.75) is 83.8 Å². The largest absolute Gasteiger partial charge is 0.400 e. The molecule has 0 aromatic carbocycles. The molecule has 0 fully saturated rings. The third kappa shape index (κ3) is 21.2. The van der Waals surface area contributed by atoms with E-state index in [-0.39, 0.29) is 0 Å². The molecule has 0 rings (SSSR count). The Morgan fingerprint density at radius 3 is 1.28 bits per heavy atom. The molecule has 0 heterocycles. The average molecular weight is 462 g/mol. The molecule has 0 aromatic rings. The summed E-state index contributed by atoms with van der Waals surface area (Å²) in [6.07, 6.45) is 5.29. The van der Waals surface area contributed by atoms with Crippen LogP contribution in [-0.2, 0) is 27.7 Å². The van der Waals surface area contributed by atoms with Gasteiger partial charge in [0.05, 0.1) is 11.2 Å². The smallest absolute Gasteiger partial charge is 0.381 e. The monoisotopic (exact) mass is 462 g/mol. The highest BCUT2D eigenvalue weighted by Crippen LogP contribution is 2.40. The Labute approximate surface area is 174 Å². The molecule has 0 amide bonds. The van der Waals surface area contributed by atoms with E-state index in [9.17, 15) is 9.13 Å². The topological polar surface area (TPSA) is 164 Å². The summed E-state index contributed by atoms with van der Waals surface area (Å²) in [7, 11) is -7.93. The van der Waals surface area contributed by atoms with Crippen molar-refractivity contribution >= 4 is 15.5 Å². The van der Waals surface area contributed by atoms with Crippen molar-refractivity contribution in [2.24, 2.45) is 11.0 Å². The summed E-state index contributed by atoms with van der Waals surface area (Å²) in [5, 5.41) is 0. The van der Waals surface area contributed by atoms with Gasteiger partial charge in [-0.2, -0.15) is 0 Å². The predicted octanol–water partition coefficient (Wildman–Crippen LogP) is 3.46. The van der Waals surface area contributed by atoms with E-state index in [1.807, 2.05) is 0 Å². The Kier molecular flexibility index (Phi) is 13.6. The summed E-state index contributed by atoms with van der Waals surface area (Å²) in [6, 6.07) is 0. The number of nitrogens with two attached hydrogens (primary N) is 2.